The zero-order chi connectivity index (χ0) is 12.0. The predicted molar refractivity (Wildman–Crippen MR) is 64.3 cm³/mol. The minimum atomic E-state index is -0.369. The number of hydrogen-bond acceptors (Lipinski definition) is 2. The van der Waals surface area contributed by atoms with Crippen molar-refractivity contribution in [1.29, 1.82) is 0 Å². The molecule has 90 valence electrons. The lowest BCUT2D eigenvalue weighted by Crippen LogP contribution is -2.17. The Morgan fingerprint density at radius 2 is 2.25 bits per heavy atom. The Balaban J connectivity index is 2.74. The summed E-state index contributed by atoms with van der Waals surface area (Å²) >= 11 is 5.93. The average Bonchev–Trinajstić information content (AvgIpc) is 2.29. The fraction of sp³-hybridized carbons (Fsp3) is 0.500. The molecule has 16 heavy (non-hydrogen) atoms. The lowest BCUT2D eigenvalue weighted by molar-refractivity contribution is 0.189. The Morgan fingerprint density at radius 1 is 1.50 bits per heavy atom. The molecular weight excluding hydrogens is 229 g/mol. The standard InChI is InChI=1S/C12H17ClFNO/c1-15-11(7-4-8-16-2)9-5-3-6-10(14)12(9)13/h3,5-6,11,15H,4,7-8H2,1-2H3. The van der Waals surface area contributed by atoms with E-state index >= 15 is 0 Å². The van der Waals surface area contributed by atoms with E-state index < -0.39 is 0 Å². The largest absolute Gasteiger partial charge is 0.385 e. The van der Waals surface area contributed by atoms with Gasteiger partial charge in [-0.05, 0) is 31.5 Å². The molecule has 1 atom stereocenters. The van der Waals surface area contributed by atoms with Crippen LogP contribution in [0.2, 0.25) is 5.02 Å². The molecule has 0 bridgehead atoms. The minimum Gasteiger partial charge on any atom is -0.385 e. The van der Waals surface area contributed by atoms with Gasteiger partial charge in [0.05, 0.1) is 5.02 Å². The van der Waals surface area contributed by atoms with Crippen LogP contribution in [0.25, 0.3) is 0 Å². The number of halogens is 2. The first-order valence-electron chi connectivity index (χ1n) is 5.30. The van der Waals surface area contributed by atoms with Crippen molar-refractivity contribution in [3.63, 3.8) is 0 Å². The topological polar surface area (TPSA) is 21.3 Å². The van der Waals surface area contributed by atoms with Gasteiger partial charge in [-0.1, -0.05) is 23.7 Å². The molecule has 1 rings (SSSR count). The Labute approximate surface area is 101 Å². The molecule has 0 radical (unpaired) electrons. The van der Waals surface area contributed by atoms with E-state index in [2.05, 4.69) is 5.32 Å². The normalized spacial score (nSPS) is 12.8. The van der Waals surface area contributed by atoms with Gasteiger partial charge >= 0.3 is 0 Å². The summed E-state index contributed by atoms with van der Waals surface area (Å²) in [5, 5.41) is 3.35. The highest BCUT2D eigenvalue weighted by Gasteiger charge is 2.14. The summed E-state index contributed by atoms with van der Waals surface area (Å²) in [7, 11) is 3.52. The molecule has 0 heterocycles. The Morgan fingerprint density at radius 3 is 2.88 bits per heavy atom. The van der Waals surface area contributed by atoms with Gasteiger partial charge < -0.3 is 10.1 Å². The van der Waals surface area contributed by atoms with E-state index in [4.69, 9.17) is 16.3 Å². The van der Waals surface area contributed by atoms with E-state index in [1.54, 1.807) is 13.2 Å². The quantitative estimate of drug-likeness (QED) is 0.778. The first kappa shape index (κ1) is 13.4. The van der Waals surface area contributed by atoms with Gasteiger partial charge in [0, 0.05) is 19.8 Å². The van der Waals surface area contributed by atoms with Crippen molar-refractivity contribution < 1.29 is 9.13 Å². The molecule has 0 amide bonds. The van der Waals surface area contributed by atoms with E-state index in [0.717, 1.165) is 18.4 Å². The van der Waals surface area contributed by atoms with Crippen LogP contribution in [0.1, 0.15) is 24.4 Å². The maximum absolute atomic E-state index is 13.3. The lowest BCUT2D eigenvalue weighted by atomic mass is 10.0. The summed E-state index contributed by atoms with van der Waals surface area (Å²) < 4.78 is 18.3. The molecule has 1 aromatic carbocycles. The molecule has 1 aromatic rings. The van der Waals surface area contributed by atoms with Gasteiger partial charge in [0.1, 0.15) is 5.82 Å². The molecule has 0 aromatic heterocycles. The van der Waals surface area contributed by atoms with E-state index in [1.165, 1.54) is 6.07 Å². The second kappa shape index (κ2) is 6.84. The monoisotopic (exact) mass is 245 g/mol. The Bertz CT molecular complexity index is 333. The van der Waals surface area contributed by atoms with Gasteiger partial charge in [0.15, 0.2) is 0 Å². The zero-order valence-electron chi connectivity index (χ0n) is 9.59. The highest BCUT2D eigenvalue weighted by atomic mass is 35.5. The number of nitrogens with one attached hydrogen (secondary N) is 1. The minimum absolute atomic E-state index is 0.0679. The number of ether oxygens (including phenoxy) is 1. The molecule has 0 spiro atoms. The Kier molecular flexibility index (Phi) is 5.74. The zero-order valence-corrected chi connectivity index (χ0v) is 10.4. The second-order valence-electron chi connectivity index (χ2n) is 3.62. The smallest absolute Gasteiger partial charge is 0.142 e. The van der Waals surface area contributed by atoms with Crippen LogP contribution >= 0.6 is 11.6 Å². The fourth-order valence-electron chi connectivity index (χ4n) is 1.68. The number of rotatable bonds is 6. The van der Waals surface area contributed by atoms with E-state index in [-0.39, 0.29) is 16.9 Å². The number of methoxy groups -OCH3 is 1. The summed E-state index contributed by atoms with van der Waals surface area (Å²) in [5.41, 5.74) is 0.806. The van der Waals surface area contributed by atoms with E-state index in [1.807, 2.05) is 13.1 Å². The van der Waals surface area contributed by atoms with Crippen LogP contribution in [-0.2, 0) is 4.74 Å². The van der Waals surface area contributed by atoms with Crippen LogP contribution in [-0.4, -0.2) is 20.8 Å². The van der Waals surface area contributed by atoms with E-state index in [0.29, 0.717) is 6.61 Å². The summed E-state index contributed by atoms with van der Waals surface area (Å²) in [6.45, 7) is 0.700. The van der Waals surface area contributed by atoms with Crippen LogP contribution in [0.5, 0.6) is 0 Å². The molecular formula is C12H17ClFNO. The molecule has 0 saturated carbocycles. The van der Waals surface area contributed by atoms with Gasteiger partial charge in [-0.15, -0.1) is 0 Å². The summed E-state index contributed by atoms with van der Waals surface area (Å²) in [4.78, 5) is 0. The molecule has 1 unspecified atom stereocenters. The Hall–Kier alpha value is -0.640. The highest BCUT2D eigenvalue weighted by Crippen LogP contribution is 2.27. The third-order valence-corrected chi connectivity index (χ3v) is 2.95. The van der Waals surface area contributed by atoms with Gasteiger partial charge in [-0.3, -0.25) is 0 Å². The molecule has 0 aliphatic carbocycles. The molecule has 4 heteroatoms. The van der Waals surface area contributed by atoms with Crippen molar-refractivity contribution in [3.05, 3.63) is 34.6 Å². The van der Waals surface area contributed by atoms with Gasteiger partial charge in [0.2, 0.25) is 0 Å². The van der Waals surface area contributed by atoms with Crippen molar-refractivity contribution in [2.45, 2.75) is 18.9 Å². The highest BCUT2D eigenvalue weighted by molar-refractivity contribution is 6.31. The van der Waals surface area contributed by atoms with Crippen LogP contribution in [0.15, 0.2) is 18.2 Å². The van der Waals surface area contributed by atoms with Crippen molar-refractivity contribution in [1.82, 2.24) is 5.32 Å². The van der Waals surface area contributed by atoms with Gasteiger partial charge in [0.25, 0.3) is 0 Å². The first-order valence-corrected chi connectivity index (χ1v) is 5.68. The molecule has 0 aliphatic rings. The SMILES string of the molecule is CNC(CCCOC)c1cccc(F)c1Cl. The third kappa shape index (κ3) is 3.44. The fourth-order valence-corrected chi connectivity index (χ4v) is 1.93. The third-order valence-electron chi connectivity index (χ3n) is 2.55. The molecule has 0 saturated heterocycles. The van der Waals surface area contributed by atoms with E-state index in [9.17, 15) is 4.39 Å². The predicted octanol–water partition coefficient (Wildman–Crippen LogP) is 3.17. The molecule has 0 fully saturated rings. The van der Waals surface area contributed by atoms with Crippen molar-refractivity contribution >= 4 is 11.6 Å². The molecule has 2 nitrogen and oxygen atoms in total. The second-order valence-corrected chi connectivity index (χ2v) is 4.00. The first-order chi connectivity index (χ1) is 7.70. The van der Waals surface area contributed by atoms with Crippen LogP contribution in [0, 0.1) is 5.82 Å². The van der Waals surface area contributed by atoms with Crippen LogP contribution < -0.4 is 5.32 Å². The average molecular weight is 246 g/mol. The van der Waals surface area contributed by atoms with Crippen LogP contribution in [0.4, 0.5) is 4.39 Å². The van der Waals surface area contributed by atoms with Crippen LogP contribution in [0.3, 0.4) is 0 Å². The van der Waals surface area contributed by atoms with Gasteiger partial charge in [-0.25, -0.2) is 4.39 Å². The molecule has 1 N–H and O–H groups in total. The lowest BCUT2D eigenvalue weighted by Gasteiger charge is -2.18. The van der Waals surface area contributed by atoms with Crippen molar-refractivity contribution in [2.75, 3.05) is 20.8 Å². The van der Waals surface area contributed by atoms with Crippen molar-refractivity contribution in [3.8, 4) is 0 Å². The van der Waals surface area contributed by atoms with Crippen molar-refractivity contribution in [2.24, 2.45) is 0 Å². The number of benzene rings is 1. The maximum atomic E-state index is 13.3. The summed E-state index contributed by atoms with van der Waals surface area (Å²) in [6.07, 6.45) is 1.78. The molecule has 0 aliphatic heterocycles. The summed E-state index contributed by atoms with van der Waals surface area (Å²) in [5.74, 6) is -0.369. The maximum Gasteiger partial charge on any atom is 0.142 e. The number of hydrogen-bond donors (Lipinski definition) is 1. The van der Waals surface area contributed by atoms with Gasteiger partial charge in [-0.2, -0.15) is 0 Å². The summed E-state index contributed by atoms with van der Waals surface area (Å²) in [6, 6.07) is 4.96.